The Kier molecular flexibility index (Phi) is 4.51. The molecule has 2 aliphatic heterocycles. The Morgan fingerprint density at radius 3 is 2.46 bits per heavy atom. The standard InChI is InChI=1S/C19H20FN3O3/c20-15-3-1-2-4-16(15)21-19(24)23-9-7-22(8-10-23)14-5-6-17-18(13-14)26-12-11-25-17/h1-6,13H,7-12H2,(H,21,24). The molecule has 1 fully saturated rings. The summed E-state index contributed by atoms with van der Waals surface area (Å²) < 4.78 is 24.9. The van der Waals surface area contributed by atoms with E-state index in [1.807, 2.05) is 18.2 Å². The first kappa shape index (κ1) is 16.5. The third kappa shape index (κ3) is 3.37. The number of hydrogen-bond donors (Lipinski definition) is 1. The summed E-state index contributed by atoms with van der Waals surface area (Å²) >= 11 is 0. The van der Waals surface area contributed by atoms with Crippen LogP contribution in [0.25, 0.3) is 0 Å². The van der Waals surface area contributed by atoms with E-state index in [1.54, 1.807) is 23.1 Å². The number of hydrogen-bond acceptors (Lipinski definition) is 4. The molecule has 0 aromatic heterocycles. The van der Waals surface area contributed by atoms with Crippen molar-refractivity contribution in [1.82, 2.24) is 4.90 Å². The van der Waals surface area contributed by atoms with Crippen LogP contribution in [0.2, 0.25) is 0 Å². The van der Waals surface area contributed by atoms with Gasteiger partial charge in [0.25, 0.3) is 0 Å². The Morgan fingerprint density at radius 1 is 0.962 bits per heavy atom. The van der Waals surface area contributed by atoms with Crippen molar-refractivity contribution in [3.63, 3.8) is 0 Å². The van der Waals surface area contributed by atoms with E-state index in [4.69, 9.17) is 9.47 Å². The lowest BCUT2D eigenvalue weighted by molar-refractivity contribution is 0.171. The molecule has 0 bridgehead atoms. The van der Waals surface area contributed by atoms with Gasteiger partial charge in [-0.25, -0.2) is 9.18 Å². The molecule has 1 saturated heterocycles. The summed E-state index contributed by atoms with van der Waals surface area (Å²) in [6.07, 6.45) is 0. The van der Waals surface area contributed by atoms with E-state index in [0.29, 0.717) is 39.4 Å². The smallest absolute Gasteiger partial charge is 0.322 e. The molecule has 0 aliphatic carbocycles. The number of benzene rings is 2. The van der Waals surface area contributed by atoms with Crippen molar-refractivity contribution >= 4 is 17.4 Å². The maximum atomic E-state index is 13.7. The van der Waals surface area contributed by atoms with Gasteiger partial charge in [-0.3, -0.25) is 0 Å². The monoisotopic (exact) mass is 357 g/mol. The molecule has 0 atom stereocenters. The highest BCUT2D eigenvalue weighted by Crippen LogP contribution is 2.34. The topological polar surface area (TPSA) is 54.0 Å². The third-order valence-corrected chi connectivity index (χ3v) is 4.57. The molecule has 0 radical (unpaired) electrons. The van der Waals surface area contributed by atoms with Crippen LogP contribution >= 0.6 is 0 Å². The quantitative estimate of drug-likeness (QED) is 0.898. The van der Waals surface area contributed by atoms with Crippen molar-refractivity contribution in [2.24, 2.45) is 0 Å². The van der Waals surface area contributed by atoms with E-state index in [2.05, 4.69) is 10.2 Å². The summed E-state index contributed by atoms with van der Waals surface area (Å²) in [5, 5.41) is 2.63. The summed E-state index contributed by atoms with van der Waals surface area (Å²) in [4.78, 5) is 16.2. The average molecular weight is 357 g/mol. The minimum atomic E-state index is -0.434. The van der Waals surface area contributed by atoms with E-state index in [9.17, 15) is 9.18 Å². The molecule has 7 heteroatoms. The van der Waals surface area contributed by atoms with E-state index >= 15 is 0 Å². The highest BCUT2D eigenvalue weighted by atomic mass is 19.1. The summed E-state index contributed by atoms with van der Waals surface area (Å²) in [6.45, 7) is 3.65. The summed E-state index contributed by atoms with van der Waals surface area (Å²) in [5.41, 5.74) is 1.25. The van der Waals surface area contributed by atoms with Gasteiger partial charge >= 0.3 is 6.03 Å². The van der Waals surface area contributed by atoms with Crippen LogP contribution in [-0.4, -0.2) is 50.3 Å². The molecule has 0 spiro atoms. The van der Waals surface area contributed by atoms with Gasteiger partial charge in [-0.1, -0.05) is 12.1 Å². The second-order valence-corrected chi connectivity index (χ2v) is 6.21. The predicted molar refractivity (Wildman–Crippen MR) is 96.6 cm³/mol. The number of anilines is 2. The van der Waals surface area contributed by atoms with Crippen molar-refractivity contribution in [3.8, 4) is 11.5 Å². The van der Waals surface area contributed by atoms with Gasteiger partial charge in [-0.15, -0.1) is 0 Å². The van der Waals surface area contributed by atoms with E-state index in [0.717, 1.165) is 17.2 Å². The second kappa shape index (κ2) is 7.11. The largest absolute Gasteiger partial charge is 0.486 e. The molecule has 0 saturated carbocycles. The third-order valence-electron chi connectivity index (χ3n) is 4.57. The Morgan fingerprint density at radius 2 is 1.69 bits per heavy atom. The van der Waals surface area contributed by atoms with Crippen LogP contribution in [0.4, 0.5) is 20.6 Å². The van der Waals surface area contributed by atoms with Crippen LogP contribution in [0, 0.1) is 5.82 Å². The minimum Gasteiger partial charge on any atom is -0.486 e. The number of halogens is 1. The highest BCUT2D eigenvalue weighted by Gasteiger charge is 2.23. The SMILES string of the molecule is O=C(Nc1ccccc1F)N1CCN(c2ccc3c(c2)OCCO3)CC1. The van der Waals surface area contributed by atoms with Gasteiger partial charge in [-0.2, -0.15) is 0 Å². The van der Waals surface area contributed by atoms with Crippen LogP contribution in [0.5, 0.6) is 11.5 Å². The Balaban J connectivity index is 1.36. The number of rotatable bonds is 2. The zero-order valence-electron chi connectivity index (χ0n) is 14.3. The fourth-order valence-electron chi connectivity index (χ4n) is 3.15. The van der Waals surface area contributed by atoms with Crippen LogP contribution in [0.15, 0.2) is 42.5 Å². The molecule has 1 N–H and O–H groups in total. The number of nitrogens with zero attached hydrogens (tertiary/aromatic N) is 2. The fraction of sp³-hybridized carbons (Fsp3) is 0.316. The molecule has 136 valence electrons. The molecule has 2 aliphatic rings. The number of urea groups is 1. The van der Waals surface area contributed by atoms with Gasteiger partial charge in [0.1, 0.15) is 19.0 Å². The number of para-hydroxylation sites is 1. The molecular formula is C19H20FN3O3. The normalized spacial score (nSPS) is 16.3. The first-order chi connectivity index (χ1) is 12.7. The van der Waals surface area contributed by atoms with E-state index < -0.39 is 5.82 Å². The Bertz CT molecular complexity index is 806. The Labute approximate surface area is 151 Å². The number of carbonyl (C=O) groups is 1. The molecule has 2 heterocycles. The molecule has 2 aromatic carbocycles. The Hall–Kier alpha value is -2.96. The number of fused-ring (bicyclic) bond motifs is 1. The number of piperazine rings is 1. The van der Waals surface area contributed by atoms with Crippen molar-refractivity contribution < 1.29 is 18.7 Å². The van der Waals surface area contributed by atoms with Crippen molar-refractivity contribution in [3.05, 3.63) is 48.3 Å². The zero-order chi connectivity index (χ0) is 17.9. The second-order valence-electron chi connectivity index (χ2n) is 6.21. The van der Waals surface area contributed by atoms with Crippen molar-refractivity contribution in [2.45, 2.75) is 0 Å². The van der Waals surface area contributed by atoms with Crippen LogP contribution < -0.4 is 19.7 Å². The molecule has 2 amide bonds. The van der Waals surface area contributed by atoms with Crippen LogP contribution in [-0.2, 0) is 0 Å². The number of nitrogens with one attached hydrogen (secondary N) is 1. The number of amides is 2. The predicted octanol–water partition coefficient (Wildman–Crippen LogP) is 2.95. The fourth-order valence-corrected chi connectivity index (χ4v) is 3.15. The van der Waals surface area contributed by atoms with Gasteiger partial charge in [0, 0.05) is 37.9 Å². The van der Waals surface area contributed by atoms with Gasteiger partial charge < -0.3 is 24.6 Å². The summed E-state index contributed by atoms with van der Waals surface area (Å²) in [6, 6.07) is 11.8. The lowest BCUT2D eigenvalue weighted by Gasteiger charge is -2.36. The first-order valence-electron chi connectivity index (χ1n) is 8.66. The van der Waals surface area contributed by atoms with Gasteiger partial charge in [0.2, 0.25) is 0 Å². The van der Waals surface area contributed by atoms with Gasteiger partial charge in [0.05, 0.1) is 5.69 Å². The van der Waals surface area contributed by atoms with E-state index in [-0.39, 0.29) is 11.7 Å². The van der Waals surface area contributed by atoms with E-state index in [1.165, 1.54) is 6.07 Å². The van der Waals surface area contributed by atoms with Crippen molar-refractivity contribution in [1.29, 1.82) is 0 Å². The molecule has 4 rings (SSSR count). The minimum absolute atomic E-state index is 0.201. The van der Waals surface area contributed by atoms with Crippen LogP contribution in [0.3, 0.4) is 0 Å². The van der Waals surface area contributed by atoms with Crippen LogP contribution in [0.1, 0.15) is 0 Å². The molecule has 6 nitrogen and oxygen atoms in total. The van der Waals surface area contributed by atoms with Gasteiger partial charge in [0.15, 0.2) is 11.5 Å². The molecular weight excluding hydrogens is 337 g/mol. The first-order valence-corrected chi connectivity index (χ1v) is 8.66. The lowest BCUT2D eigenvalue weighted by atomic mass is 10.2. The zero-order valence-corrected chi connectivity index (χ0v) is 14.3. The lowest BCUT2D eigenvalue weighted by Crippen LogP contribution is -2.50. The molecule has 0 unspecified atom stereocenters. The van der Waals surface area contributed by atoms with Gasteiger partial charge in [-0.05, 0) is 24.3 Å². The van der Waals surface area contributed by atoms with Crippen molar-refractivity contribution in [2.75, 3.05) is 49.6 Å². The summed E-state index contributed by atoms with van der Waals surface area (Å²) in [7, 11) is 0. The number of carbonyl (C=O) groups excluding carboxylic acids is 1. The maximum absolute atomic E-state index is 13.7. The molecule has 26 heavy (non-hydrogen) atoms. The average Bonchev–Trinajstić information content (AvgIpc) is 2.69. The number of ether oxygens (including phenoxy) is 2. The summed E-state index contributed by atoms with van der Waals surface area (Å²) in [5.74, 6) is 1.09. The molecule has 2 aromatic rings. The highest BCUT2D eigenvalue weighted by molar-refractivity contribution is 5.89. The maximum Gasteiger partial charge on any atom is 0.322 e.